The van der Waals surface area contributed by atoms with Crippen LogP contribution in [0.15, 0.2) is 23.1 Å². The Morgan fingerprint density at radius 3 is 2.57 bits per heavy atom. The van der Waals surface area contributed by atoms with E-state index in [4.69, 9.17) is 15.2 Å². The normalized spacial score (nSPS) is 13.1. The van der Waals surface area contributed by atoms with Crippen LogP contribution in [0.1, 0.15) is 18.9 Å². The van der Waals surface area contributed by atoms with Gasteiger partial charge in [-0.1, -0.05) is 6.92 Å². The maximum Gasteiger partial charge on any atom is 0.241 e. The molecule has 0 aliphatic heterocycles. The highest BCUT2D eigenvalue weighted by molar-refractivity contribution is 7.89. The lowest BCUT2D eigenvalue weighted by molar-refractivity contribution is 0.173. The van der Waals surface area contributed by atoms with Crippen LogP contribution in [-0.2, 0) is 21.2 Å². The predicted octanol–water partition coefficient (Wildman–Crippen LogP) is 0.900. The smallest absolute Gasteiger partial charge is 0.241 e. The third kappa shape index (κ3) is 4.96. The van der Waals surface area contributed by atoms with Crippen LogP contribution in [0.3, 0.4) is 0 Å². The fraction of sp³-hybridized carbons (Fsp3) is 0.571. The molecule has 1 aromatic rings. The van der Waals surface area contributed by atoms with E-state index in [1.807, 2.05) is 6.92 Å². The topological polar surface area (TPSA) is 90.6 Å². The van der Waals surface area contributed by atoms with Gasteiger partial charge < -0.3 is 15.2 Å². The van der Waals surface area contributed by atoms with Crippen LogP contribution in [0, 0.1) is 0 Å². The second-order valence-electron chi connectivity index (χ2n) is 4.69. The number of benzene rings is 1. The first-order valence-electron chi connectivity index (χ1n) is 6.86. The summed E-state index contributed by atoms with van der Waals surface area (Å²) in [6.07, 6.45) is 1.12. The summed E-state index contributed by atoms with van der Waals surface area (Å²) >= 11 is 0. The van der Waals surface area contributed by atoms with E-state index < -0.39 is 10.0 Å². The third-order valence-electron chi connectivity index (χ3n) is 3.15. The fourth-order valence-corrected chi connectivity index (χ4v) is 3.57. The van der Waals surface area contributed by atoms with Crippen molar-refractivity contribution < 1.29 is 17.9 Å². The lowest BCUT2D eigenvalue weighted by Gasteiger charge is -2.18. The summed E-state index contributed by atoms with van der Waals surface area (Å²) in [7, 11) is -0.526. The Hall–Kier alpha value is -1.15. The van der Waals surface area contributed by atoms with Gasteiger partial charge in [0.2, 0.25) is 10.0 Å². The quantitative estimate of drug-likeness (QED) is 0.706. The van der Waals surface area contributed by atoms with Crippen molar-refractivity contribution in [2.75, 3.05) is 27.4 Å². The van der Waals surface area contributed by atoms with Gasteiger partial charge in [0.05, 0.1) is 18.6 Å². The molecule has 0 aliphatic rings. The molecular formula is C14H24N2O4S. The lowest BCUT2D eigenvalue weighted by atomic mass is 10.1. The van der Waals surface area contributed by atoms with E-state index in [0.717, 1.165) is 0 Å². The number of nitrogens with one attached hydrogen (secondary N) is 1. The van der Waals surface area contributed by atoms with Crippen molar-refractivity contribution in [2.45, 2.75) is 30.7 Å². The molecule has 0 fully saturated rings. The van der Waals surface area contributed by atoms with Crippen LogP contribution < -0.4 is 15.2 Å². The van der Waals surface area contributed by atoms with Gasteiger partial charge >= 0.3 is 0 Å². The van der Waals surface area contributed by atoms with Crippen LogP contribution in [0.2, 0.25) is 0 Å². The molecule has 0 aromatic heterocycles. The average molecular weight is 316 g/mol. The maximum atomic E-state index is 12.5. The molecule has 1 rings (SSSR count). The highest BCUT2D eigenvalue weighted by Crippen LogP contribution is 2.22. The molecule has 3 N–H and O–H groups in total. The van der Waals surface area contributed by atoms with Gasteiger partial charge in [0, 0.05) is 13.2 Å². The fourth-order valence-electron chi connectivity index (χ4n) is 2.02. The minimum atomic E-state index is -3.61. The summed E-state index contributed by atoms with van der Waals surface area (Å²) in [5.41, 5.74) is 6.21. The number of rotatable bonds is 9. The van der Waals surface area contributed by atoms with Crippen molar-refractivity contribution in [3.8, 4) is 5.75 Å². The molecule has 0 saturated heterocycles. The first-order chi connectivity index (χ1) is 9.98. The molecular weight excluding hydrogens is 292 g/mol. The summed E-state index contributed by atoms with van der Waals surface area (Å²) in [6.45, 7) is 2.60. The number of methoxy groups -OCH3 is 2. The lowest BCUT2D eigenvalue weighted by Crippen LogP contribution is -2.37. The standard InChI is InChI=1S/C14H24N2O4S/c1-4-12(10-19-2)16-21(17,18)14-6-5-13(20-3)9-11(14)7-8-15/h5-6,9,12,16H,4,7-8,10,15H2,1-3H3. The highest BCUT2D eigenvalue weighted by atomic mass is 32.2. The maximum absolute atomic E-state index is 12.5. The highest BCUT2D eigenvalue weighted by Gasteiger charge is 2.22. The minimum absolute atomic E-state index is 0.239. The number of sulfonamides is 1. The van der Waals surface area contributed by atoms with Gasteiger partial charge in [-0.2, -0.15) is 0 Å². The molecule has 0 spiro atoms. The van der Waals surface area contributed by atoms with Gasteiger partial charge in [-0.25, -0.2) is 13.1 Å². The zero-order valence-corrected chi connectivity index (χ0v) is 13.6. The zero-order valence-electron chi connectivity index (χ0n) is 12.8. The number of nitrogens with two attached hydrogens (primary N) is 1. The van der Waals surface area contributed by atoms with E-state index in [1.165, 1.54) is 0 Å². The summed E-state index contributed by atoms with van der Waals surface area (Å²) < 4.78 is 37.9. The Kier molecular flexibility index (Phi) is 7.10. The van der Waals surface area contributed by atoms with Gasteiger partial charge in [-0.05, 0) is 43.1 Å². The number of hydrogen-bond acceptors (Lipinski definition) is 5. The molecule has 0 saturated carbocycles. The SMILES string of the molecule is CCC(COC)NS(=O)(=O)c1ccc(OC)cc1CCN. The van der Waals surface area contributed by atoms with Crippen molar-refractivity contribution >= 4 is 10.0 Å². The molecule has 0 amide bonds. The van der Waals surface area contributed by atoms with Crippen LogP contribution >= 0.6 is 0 Å². The van der Waals surface area contributed by atoms with E-state index in [1.54, 1.807) is 32.4 Å². The predicted molar refractivity (Wildman–Crippen MR) is 82.0 cm³/mol. The summed E-state index contributed by atoms with van der Waals surface area (Å²) in [5.74, 6) is 0.612. The monoisotopic (exact) mass is 316 g/mol. The van der Waals surface area contributed by atoms with Gasteiger partial charge in [-0.15, -0.1) is 0 Å². The van der Waals surface area contributed by atoms with Gasteiger partial charge in [0.15, 0.2) is 0 Å². The molecule has 6 nitrogen and oxygen atoms in total. The molecule has 7 heteroatoms. The van der Waals surface area contributed by atoms with Gasteiger partial charge in [-0.3, -0.25) is 0 Å². The van der Waals surface area contributed by atoms with Crippen molar-refractivity contribution in [1.82, 2.24) is 4.72 Å². The molecule has 1 atom stereocenters. The van der Waals surface area contributed by atoms with Gasteiger partial charge in [0.1, 0.15) is 5.75 Å². The largest absolute Gasteiger partial charge is 0.497 e. The molecule has 0 heterocycles. The van der Waals surface area contributed by atoms with Crippen LogP contribution in [-0.4, -0.2) is 41.8 Å². The number of hydrogen-bond donors (Lipinski definition) is 2. The van der Waals surface area contributed by atoms with Crippen LogP contribution in [0.5, 0.6) is 5.75 Å². The Labute approximate surface area is 126 Å². The zero-order chi connectivity index (χ0) is 15.9. The average Bonchev–Trinajstić information content (AvgIpc) is 2.46. The summed E-state index contributed by atoms with van der Waals surface area (Å²) in [5, 5.41) is 0. The molecule has 120 valence electrons. The summed E-state index contributed by atoms with van der Waals surface area (Å²) in [6, 6.07) is 4.63. The summed E-state index contributed by atoms with van der Waals surface area (Å²) in [4.78, 5) is 0.239. The van der Waals surface area contributed by atoms with Crippen molar-refractivity contribution in [3.63, 3.8) is 0 Å². The first-order valence-corrected chi connectivity index (χ1v) is 8.35. The first kappa shape index (κ1) is 17.9. The second-order valence-corrected chi connectivity index (χ2v) is 6.38. The third-order valence-corrected chi connectivity index (χ3v) is 4.77. The molecule has 0 bridgehead atoms. The van der Waals surface area contributed by atoms with Crippen molar-refractivity contribution in [3.05, 3.63) is 23.8 Å². The molecule has 0 radical (unpaired) electrons. The Morgan fingerprint density at radius 2 is 2.05 bits per heavy atom. The Morgan fingerprint density at radius 1 is 1.33 bits per heavy atom. The van der Waals surface area contributed by atoms with Crippen molar-refractivity contribution in [1.29, 1.82) is 0 Å². The van der Waals surface area contributed by atoms with Gasteiger partial charge in [0.25, 0.3) is 0 Å². The molecule has 1 aromatic carbocycles. The van der Waals surface area contributed by atoms with E-state index >= 15 is 0 Å². The Bertz CT molecular complexity index is 546. The molecule has 1 unspecified atom stereocenters. The number of ether oxygens (including phenoxy) is 2. The molecule has 21 heavy (non-hydrogen) atoms. The van der Waals surface area contributed by atoms with E-state index in [9.17, 15) is 8.42 Å². The molecule has 0 aliphatic carbocycles. The van der Waals surface area contributed by atoms with Crippen LogP contribution in [0.25, 0.3) is 0 Å². The van der Waals surface area contributed by atoms with Crippen LogP contribution in [0.4, 0.5) is 0 Å². The van der Waals surface area contributed by atoms with E-state index in [2.05, 4.69) is 4.72 Å². The second kappa shape index (κ2) is 8.33. The Balaban J connectivity index is 3.11. The minimum Gasteiger partial charge on any atom is -0.497 e. The van der Waals surface area contributed by atoms with Crippen molar-refractivity contribution in [2.24, 2.45) is 5.73 Å². The van der Waals surface area contributed by atoms with E-state index in [0.29, 0.717) is 37.3 Å². The van der Waals surface area contributed by atoms with E-state index in [-0.39, 0.29) is 10.9 Å².